The SMILES string of the molecule is CC(C)c1cccc(C(C)C)c1N=C1CCCCC1=Nc1cc(C(C)(C)C)ccc1C(C)(C)C.[Ni]. The maximum Gasteiger partial charge on any atom is 0.0702 e. The Kier molecular flexibility index (Phi) is 9.74. The van der Waals surface area contributed by atoms with Crippen LogP contribution in [0, 0.1) is 0 Å². The van der Waals surface area contributed by atoms with Gasteiger partial charge in [0.25, 0.3) is 0 Å². The average molecular weight is 517 g/mol. The van der Waals surface area contributed by atoms with Crippen molar-refractivity contribution in [3.63, 3.8) is 0 Å². The third-order valence-electron chi connectivity index (χ3n) is 6.93. The minimum atomic E-state index is 0. The van der Waals surface area contributed by atoms with E-state index in [9.17, 15) is 0 Å². The summed E-state index contributed by atoms with van der Waals surface area (Å²) >= 11 is 0. The first-order valence-corrected chi connectivity index (χ1v) is 13.2. The van der Waals surface area contributed by atoms with Gasteiger partial charge in [0.2, 0.25) is 0 Å². The molecule has 2 nitrogen and oxygen atoms in total. The second-order valence-electron chi connectivity index (χ2n) is 12.7. The van der Waals surface area contributed by atoms with Crippen molar-refractivity contribution in [1.29, 1.82) is 0 Å². The summed E-state index contributed by atoms with van der Waals surface area (Å²) in [4.78, 5) is 10.8. The van der Waals surface area contributed by atoms with Gasteiger partial charge >= 0.3 is 0 Å². The molecule has 1 aliphatic rings. The summed E-state index contributed by atoms with van der Waals surface area (Å²) in [5.41, 5.74) is 10.1. The topological polar surface area (TPSA) is 24.7 Å². The number of rotatable bonds is 4. The first-order chi connectivity index (χ1) is 15.8. The van der Waals surface area contributed by atoms with Crippen LogP contribution in [0.15, 0.2) is 46.4 Å². The molecule has 0 aliphatic heterocycles. The van der Waals surface area contributed by atoms with Crippen molar-refractivity contribution >= 4 is 22.8 Å². The molecule has 0 atom stereocenters. The fraction of sp³-hybridized carbons (Fsp3) is 0.562. The van der Waals surface area contributed by atoms with Crippen LogP contribution in [0.4, 0.5) is 11.4 Å². The van der Waals surface area contributed by atoms with Crippen molar-refractivity contribution in [3.05, 3.63) is 58.7 Å². The normalized spacial score (nSPS) is 17.4. The summed E-state index contributed by atoms with van der Waals surface area (Å²) in [5, 5.41) is 0. The van der Waals surface area contributed by atoms with Crippen LogP contribution in [0.5, 0.6) is 0 Å². The summed E-state index contributed by atoms with van der Waals surface area (Å²) in [6.07, 6.45) is 4.38. The molecule has 1 saturated carbocycles. The Morgan fingerprint density at radius 3 is 1.66 bits per heavy atom. The second-order valence-corrected chi connectivity index (χ2v) is 12.7. The zero-order valence-corrected chi connectivity index (χ0v) is 24.6. The molecule has 0 unspecified atom stereocenters. The van der Waals surface area contributed by atoms with Crippen molar-refractivity contribution in [3.8, 4) is 0 Å². The minimum Gasteiger partial charge on any atom is -0.251 e. The molecule has 0 radical (unpaired) electrons. The molecule has 0 heterocycles. The van der Waals surface area contributed by atoms with Crippen molar-refractivity contribution in [2.45, 2.75) is 118 Å². The zero-order chi connectivity index (χ0) is 25.3. The third kappa shape index (κ3) is 7.16. The van der Waals surface area contributed by atoms with Gasteiger partial charge in [-0.05, 0) is 76.7 Å². The van der Waals surface area contributed by atoms with Gasteiger partial charge in [-0.15, -0.1) is 0 Å². The van der Waals surface area contributed by atoms with Crippen molar-refractivity contribution in [1.82, 2.24) is 0 Å². The van der Waals surface area contributed by atoms with Gasteiger partial charge in [0.05, 0.1) is 22.8 Å². The van der Waals surface area contributed by atoms with E-state index in [0.717, 1.165) is 18.5 Å². The van der Waals surface area contributed by atoms with Crippen LogP contribution in [0.3, 0.4) is 0 Å². The number of para-hydroxylation sites is 1. The Labute approximate surface area is 225 Å². The van der Waals surface area contributed by atoms with Crippen LogP contribution < -0.4 is 0 Å². The number of hydrogen-bond donors (Lipinski definition) is 0. The summed E-state index contributed by atoms with van der Waals surface area (Å²) in [6, 6.07) is 13.6. The first-order valence-electron chi connectivity index (χ1n) is 13.2. The number of aliphatic imine (C=N–C) groups is 2. The van der Waals surface area contributed by atoms with Crippen molar-refractivity contribution in [2.24, 2.45) is 9.98 Å². The monoisotopic (exact) mass is 516 g/mol. The van der Waals surface area contributed by atoms with Gasteiger partial charge < -0.3 is 0 Å². The Balaban J connectivity index is 0.00000432. The Morgan fingerprint density at radius 1 is 0.686 bits per heavy atom. The molecular weight excluding hydrogens is 471 g/mol. The molecule has 3 rings (SSSR count). The van der Waals surface area contributed by atoms with Crippen LogP contribution in [-0.2, 0) is 27.3 Å². The standard InChI is InChI=1S/C32H46N2.Ni/c1-21(2)24-14-13-15-25(22(3)4)30(24)34-28-17-12-11-16-27(28)33-29-20-23(31(5,6)7)18-19-26(29)32(8,9)10;/h13-15,18-22H,11-12,16-17H2,1-10H3;. The van der Waals surface area contributed by atoms with E-state index in [-0.39, 0.29) is 27.3 Å². The average Bonchev–Trinajstić information content (AvgIpc) is 2.73. The predicted octanol–water partition coefficient (Wildman–Crippen LogP) is 9.95. The summed E-state index contributed by atoms with van der Waals surface area (Å²) in [5.74, 6) is 0.885. The Bertz CT molecular complexity index is 1050. The molecule has 2 aromatic rings. The second kappa shape index (κ2) is 11.6. The molecule has 3 heteroatoms. The van der Waals surface area contributed by atoms with Gasteiger partial charge in [-0.1, -0.05) is 99.6 Å². The van der Waals surface area contributed by atoms with E-state index in [4.69, 9.17) is 9.98 Å². The van der Waals surface area contributed by atoms with E-state index in [0.29, 0.717) is 11.8 Å². The smallest absolute Gasteiger partial charge is 0.0702 e. The van der Waals surface area contributed by atoms with Gasteiger partial charge in [0, 0.05) is 16.5 Å². The van der Waals surface area contributed by atoms with E-state index in [2.05, 4.69) is 106 Å². The molecule has 194 valence electrons. The van der Waals surface area contributed by atoms with Crippen LogP contribution in [0.1, 0.15) is 129 Å². The molecule has 1 fully saturated rings. The van der Waals surface area contributed by atoms with Crippen LogP contribution in [0.25, 0.3) is 0 Å². The van der Waals surface area contributed by atoms with E-state index in [1.807, 2.05) is 0 Å². The first kappa shape index (κ1) is 29.5. The van der Waals surface area contributed by atoms with Gasteiger partial charge in [0.1, 0.15) is 0 Å². The van der Waals surface area contributed by atoms with Gasteiger partial charge in [-0.3, -0.25) is 9.98 Å². The fourth-order valence-electron chi connectivity index (χ4n) is 4.76. The molecule has 0 N–H and O–H groups in total. The van der Waals surface area contributed by atoms with Crippen molar-refractivity contribution in [2.75, 3.05) is 0 Å². The predicted molar refractivity (Wildman–Crippen MR) is 151 cm³/mol. The minimum absolute atomic E-state index is 0. The Morgan fingerprint density at radius 2 is 1.20 bits per heavy atom. The molecule has 0 amide bonds. The van der Waals surface area contributed by atoms with Gasteiger partial charge in [-0.2, -0.15) is 0 Å². The zero-order valence-electron chi connectivity index (χ0n) is 23.7. The number of hydrogen-bond acceptors (Lipinski definition) is 2. The summed E-state index contributed by atoms with van der Waals surface area (Å²) < 4.78 is 0. The molecule has 0 spiro atoms. The molecule has 0 aromatic heterocycles. The summed E-state index contributed by atoms with van der Waals surface area (Å²) in [6.45, 7) is 22.8. The number of benzene rings is 2. The maximum absolute atomic E-state index is 5.39. The summed E-state index contributed by atoms with van der Waals surface area (Å²) in [7, 11) is 0. The fourth-order valence-corrected chi connectivity index (χ4v) is 4.76. The van der Waals surface area contributed by atoms with E-state index in [1.54, 1.807) is 0 Å². The molecule has 1 aliphatic carbocycles. The van der Waals surface area contributed by atoms with E-state index < -0.39 is 0 Å². The van der Waals surface area contributed by atoms with Crippen LogP contribution >= 0.6 is 0 Å². The quantitative estimate of drug-likeness (QED) is 0.361. The third-order valence-corrected chi connectivity index (χ3v) is 6.93. The number of nitrogens with zero attached hydrogens (tertiary/aromatic N) is 2. The molecule has 35 heavy (non-hydrogen) atoms. The van der Waals surface area contributed by atoms with E-state index >= 15 is 0 Å². The van der Waals surface area contributed by atoms with Crippen LogP contribution in [0.2, 0.25) is 0 Å². The van der Waals surface area contributed by atoms with Crippen LogP contribution in [-0.4, -0.2) is 11.4 Å². The van der Waals surface area contributed by atoms with Gasteiger partial charge in [0.15, 0.2) is 0 Å². The largest absolute Gasteiger partial charge is 0.251 e. The van der Waals surface area contributed by atoms with Gasteiger partial charge in [-0.25, -0.2) is 0 Å². The Hall–Kier alpha value is -1.73. The molecule has 0 saturated heterocycles. The molecule has 0 bridgehead atoms. The molecular formula is C32H46N2Ni. The molecule has 2 aromatic carbocycles. The van der Waals surface area contributed by atoms with Crippen molar-refractivity contribution < 1.29 is 16.5 Å². The maximum atomic E-state index is 5.39. The van der Waals surface area contributed by atoms with E-state index in [1.165, 1.54) is 52.2 Å².